The third-order valence-electron chi connectivity index (χ3n) is 4.48. The van der Waals surface area contributed by atoms with Crippen molar-refractivity contribution in [3.63, 3.8) is 0 Å². The molecule has 188 valence electrons. The highest BCUT2D eigenvalue weighted by Gasteiger charge is 2.30. The molecule has 0 aliphatic carbocycles. The fraction of sp³-hybridized carbons (Fsp3) is 0.500. The molecule has 5 amide bonds. The van der Waals surface area contributed by atoms with Crippen LogP contribution in [0.1, 0.15) is 25.0 Å². The number of carboxylic acids is 1. The van der Waals surface area contributed by atoms with Gasteiger partial charge in [-0.2, -0.15) is 0 Å². The van der Waals surface area contributed by atoms with Gasteiger partial charge < -0.3 is 48.3 Å². The van der Waals surface area contributed by atoms with Crippen LogP contribution >= 0.6 is 0 Å². The van der Waals surface area contributed by atoms with E-state index >= 15 is 0 Å². The maximum Gasteiger partial charge on any atom is 0.326 e. The molecule has 16 heteroatoms. The van der Waals surface area contributed by atoms with Crippen molar-refractivity contribution in [2.24, 2.45) is 17.2 Å². The third kappa shape index (κ3) is 9.61. The quantitative estimate of drug-likeness (QED) is 0.114. The van der Waals surface area contributed by atoms with Crippen LogP contribution in [-0.2, 0) is 35.2 Å². The standard InChI is InChI=1S/C18H28N8O8/c19-9(4-14(21)29)15(30)26-12(6-27)17(32)25-11(3-8-5-22-7-23-8)16(31)24-10(18(33)34)1-2-13(20)28/h5,7,9-12,27H,1-4,6,19H2,(H2,20,28)(H2,21,29)(H,22,23)(H,24,31)(H,25,32)(H,26,30)(H,33,34). The zero-order valence-electron chi connectivity index (χ0n) is 18.0. The Kier molecular flexibility index (Phi) is 11.1. The molecule has 1 rings (SSSR count). The number of H-pyrrole nitrogens is 1. The number of primary amides is 2. The second-order valence-electron chi connectivity index (χ2n) is 7.27. The summed E-state index contributed by atoms with van der Waals surface area (Å²) in [4.78, 5) is 77.3. The number of carbonyl (C=O) groups is 6. The van der Waals surface area contributed by atoms with Crippen molar-refractivity contribution in [3.8, 4) is 0 Å². The summed E-state index contributed by atoms with van der Waals surface area (Å²) in [6.45, 7) is -0.879. The van der Waals surface area contributed by atoms with E-state index in [1.165, 1.54) is 12.5 Å². The van der Waals surface area contributed by atoms with Crippen LogP contribution in [0.4, 0.5) is 0 Å². The van der Waals surface area contributed by atoms with E-state index in [9.17, 15) is 39.0 Å². The van der Waals surface area contributed by atoms with Gasteiger partial charge in [0.1, 0.15) is 18.1 Å². The first-order chi connectivity index (χ1) is 15.9. The third-order valence-corrected chi connectivity index (χ3v) is 4.48. The molecule has 0 spiro atoms. The predicted molar refractivity (Wildman–Crippen MR) is 113 cm³/mol. The molecule has 0 aliphatic rings. The smallest absolute Gasteiger partial charge is 0.326 e. The number of aliphatic hydroxyl groups is 1. The molecule has 0 fully saturated rings. The van der Waals surface area contributed by atoms with Crippen LogP contribution in [0.25, 0.3) is 0 Å². The molecule has 4 unspecified atom stereocenters. The second kappa shape index (κ2) is 13.5. The number of amides is 5. The summed E-state index contributed by atoms with van der Waals surface area (Å²) >= 11 is 0. The van der Waals surface area contributed by atoms with Gasteiger partial charge in [0.25, 0.3) is 0 Å². The van der Waals surface area contributed by atoms with E-state index in [0.29, 0.717) is 5.69 Å². The highest BCUT2D eigenvalue weighted by Crippen LogP contribution is 2.04. The van der Waals surface area contributed by atoms with Crippen molar-refractivity contribution >= 4 is 35.5 Å². The van der Waals surface area contributed by atoms with Gasteiger partial charge >= 0.3 is 5.97 Å². The van der Waals surface area contributed by atoms with Crippen LogP contribution in [0.15, 0.2) is 12.5 Å². The zero-order chi connectivity index (χ0) is 25.8. The number of hydrogen-bond donors (Lipinski definition) is 9. The molecular formula is C18H28N8O8. The van der Waals surface area contributed by atoms with Crippen molar-refractivity contribution in [3.05, 3.63) is 18.2 Å². The second-order valence-corrected chi connectivity index (χ2v) is 7.27. The van der Waals surface area contributed by atoms with E-state index in [4.69, 9.17) is 17.2 Å². The Labute approximate surface area is 193 Å². The number of nitrogens with one attached hydrogen (secondary N) is 4. The summed E-state index contributed by atoms with van der Waals surface area (Å²) in [5.41, 5.74) is 15.9. The van der Waals surface area contributed by atoms with Crippen LogP contribution in [0.2, 0.25) is 0 Å². The minimum atomic E-state index is -1.55. The lowest BCUT2D eigenvalue weighted by molar-refractivity contribution is -0.142. The molecule has 0 saturated heterocycles. The average Bonchev–Trinajstić information content (AvgIpc) is 3.26. The van der Waals surface area contributed by atoms with Gasteiger partial charge in [0.2, 0.25) is 29.5 Å². The number of carbonyl (C=O) groups excluding carboxylic acids is 5. The Morgan fingerprint density at radius 1 is 0.941 bits per heavy atom. The molecule has 4 atom stereocenters. The Morgan fingerprint density at radius 3 is 2.03 bits per heavy atom. The fourth-order valence-corrected chi connectivity index (χ4v) is 2.70. The van der Waals surface area contributed by atoms with E-state index in [1.807, 2.05) is 0 Å². The molecule has 0 saturated carbocycles. The largest absolute Gasteiger partial charge is 0.480 e. The van der Waals surface area contributed by atoms with E-state index in [0.717, 1.165) is 0 Å². The van der Waals surface area contributed by atoms with E-state index in [2.05, 4.69) is 25.9 Å². The molecule has 1 aromatic heterocycles. The van der Waals surface area contributed by atoms with Gasteiger partial charge in [-0.15, -0.1) is 0 Å². The lowest BCUT2D eigenvalue weighted by atomic mass is 10.1. The molecule has 12 N–H and O–H groups in total. The minimum Gasteiger partial charge on any atom is -0.480 e. The lowest BCUT2D eigenvalue weighted by Crippen LogP contribution is -2.58. The maximum atomic E-state index is 12.8. The van der Waals surface area contributed by atoms with Gasteiger partial charge in [0, 0.05) is 24.7 Å². The number of imidazole rings is 1. The number of carboxylic acid groups (broad SMARTS) is 1. The van der Waals surface area contributed by atoms with Crippen LogP contribution in [0.3, 0.4) is 0 Å². The fourth-order valence-electron chi connectivity index (χ4n) is 2.70. The highest BCUT2D eigenvalue weighted by atomic mass is 16.4. The maximum absolute atomic E-state index is 12.8. The Balaban J connectivity index is 2.95. The predicted octanol–water partition coefficient (Wildman–Crippen LogP) is -5.05. The van der Waals surface area contributed by atoms with Gasteiger partial charge in [-0.05, 0) is 6.42 Å². The number of aromatic nitrogens is 2. The SMILES string of the molecule is NC(=O)CCC(NC(=O)C(Cc1cnc[nH]1)NC(=O)C(CO)NC(=O)C(N)CC(N)=O)C(=O)O. The summed E-state index contributed by atoms with van der Waals surface area (Å²) in [6, 6.07) is -5.76. The molecule has 34 heavy (non-hydrogen) atoms. The molecule has 16 nitrogen and oxygen atoms in total. The van der Waals surface area contributed by atoms with E-state index in [-0.39, 0.29) is 19.3 Å². The Bertz CT molecular complexity index is 891. The lowest BCUT2D eigenvalue weighted by Gasteiger charge is -2.24. The number of aromatic amines is 1. The van der Waals surface area contributed by atoms with Gasteiger partial charge in [0.15, 0.2) is 0 Å². The number of rotatable bonds is 15. The number of hydrogen-bond acceptors (Lipinski definition) is 9. The first-order valence-electron chi connectivity index (χ1n) is 9.98. The molecular weight excluding hydrogens is 456 g/mol. The van der Waals surface area contributed by atoms with Crippen molar-refractivity contribution < 1.29 is 39.0 Å². The van der Waals surface area contributed by atoms with Crippen LogP contribution in [0.5, 0.6) is 0 Å². The van der Waals surface area contributed by atoms with E-state index in [1.54, 1.807) is 0 Å². The van der Waals surface area contributed by atoms with Gasteiger partial charge in [-0.3, -0.25) is 24.0 Å². The van der Waals surface area contributed by atoms with E-state index < -0.39 is 72.7 Å². The summed E-state index contributed by atoms with van der Waals surface area (Å²) in [5, 5.41) is 25.5. The molecule has 0 aliphatic heterocycles. The number of nitrogens with two attached hydrogens (primary N) is 3. The summed E-state index contributed by atoms with van der Waals surface area (Å²) in [7, 11) is 0. The first-order valence-corrected chi connectivity index (χ1v) is 9.98. The van der Waals surface area contributed by atoms with Crippen LogP contribution < -0.4 is 33.2 Å². The number of aliphatic carboxylic acids is 1. The monoisotopic (exact) mass is 484 g/mol. The van der Waals surface area contributed by atoms with Gasteiger partial charge in [-0.1, -0.05) is 0 Å². The van der Waals surface area contributed by atoms with Gasteiger partial charge in [-0.25, -0.2) is 9.78 Å². The molecule has 1 heterocycles. The zero-order valence-corrected chi connectivity index (χ0v) is 18.0. The summed E-state index contributed by atoms with van der Waals surface area (Å²) in [5.74, 6) is -5.91. The number of nitrogens with zero attached hydrogens (tertiary/aromatic N) is 1. The van der Waals surface area contributed by atoms with Crippen molar-refractivity contribution in [1.82, 2.24) is 25.9 Å². The minimum absolute atomic E-state index is 0.160. The first kappa shape index (κ1) is 28.0. The van der Waals surface area contributed by atoms with Crippen molar-refractivity contribution in [1.29, 1.82) is 0 Å². The highest BCUT2D eigenvalue weighted by molar-refractivity contribution is 5.95. The van der Waals surface area contributed by atoms with Crippen LogP contribution in [-0.4, -0.2) is 86.5 Å². The Hall–Kier alpha value is -4.05. The molecule has 0 bridgehead atoms. The topological polar surface area (TPSA) is 286 Å². The normalized spacial score (nSPS) is 14.2. The average molecular weight is 484 g/mol. The molecule has 1 aromatic rings. The van der Waals surface area contributed by atoms with Crippen molar-refractivity contribution in [2.75, 3.05) is 6.61 Å². The van der Waals surface area contributed by atoms with Gasteiger partial charge in [0.05, 0.1) is 25.4 Å². The molecule has 0 aromatic carbocycles. The van der Waals surface area contributed by atoms with Crippen LogP contribution in [0, 0.1) is 0 Å². The molecule has 0 radical (unpaired) electrons. The summed E-state index contributed by atoms with van der Waals surface area (Å²) in [6.07, 6.45) is 1.43. The Morgan fingerprint density at radius 2 is 1.53 bits per heavy atom. The number of aliphatic hydroxyl groups excluding tert-OH is 1. The van der Waals surface area contributed by atoms with Crippen molar-refractivity contribution in [2.45, 2.75) is 49.9 Å². The summed E-state index contributed by atoms with van der Waals surface area (Å²) < 4.78 is 0.